The SMILES string of the molecule is CNC(=O)C1CCC(NC)CN1. The highest BCUT2D eigenvalue weighted by atomic mass is 16.2. The summed E-state index contributed by atoms with van der Waals surface area (Å²) >= 11 is 0. The van der Waals surface area contributed by atoms with Crippen molar-refractivity contribution in [3.8, 4) is 0 Å². The topological polar surface area (TPSA) is 53.2 Å². The van der Waals surface area contributed by atoms with Crippen LogP contribution in [0.3, 0.4) is 0 Å². The third-order valence-electron chi connectivity index (χ3n) is 2.39. The minimum Gasteiger partial charge on any atom is -0.358 e. The maximum atomic E-state index is 11.2. The summed E-state index contributed by atoms with van der Waals surface area (Å²) in [5, 5.41) is 9.03. The van der Waals surface area contributed by atoms with Crippen molar-refractivity contribution in [3.05, 3.63) is 0 Å². The Kier molecular flexibility index (Phi) is 3.49. The molecule has 0 aromatic rings. The van der Waals surface area contributed by atoms with Crippen LogP contribution in [-0.4, -0.2) is 38.6 Å². The van der Waals surface area contributed by atoms with Gasteiger partial charge in [0.25, 0.3) is 0 Å². The molecule has 0 bridgehead atoms. The number of nitrogens with one attached hydrogen (secondary N) is 3. The van der Waals surface area contributed by atoms with Crippen LogP contribution in [0.15, 0.2) is 0 Å². The molecule has 1 fully saturated rings. The standard InChI is InChI=1S/C8H17N3O/c1-9-6-3-4-7(11-5-6)8(12)10-2/h6-7,9,11H,3-5H2,1-2H3,(H,10,12). The smallest absolute Gasteiger partial charge is 0.236 e. The van der Waals surface area contributed by atoms with Crippen molar-refractivity contribution >= 4 is 5.91 Å². The van der Waals surface area contributed by atoms with Crippen LogP contribution < -0.4 is 16.0 Å². The molecule has 12 heavy (non-hydrogen) atoms. The molecule has 1 rings (SSSR count). The van der Waals surface area contributed by atoms with Gasteiger partial charge in [0.05, 0.1) is 6.04 Å². The lowest BCUT2D eigenvalue weighted by Gasteiger charge is -2.28. The van der Waals surface area contributed by atoms with Crippen LogP contribution in [0.25, 0.3) is 0 Å². The van der Waals surface area contributed by atoms with Crippen LogP contribution in [-0.2, 0) is 4.79 Å². The second-order valence-corrected chi connectivity index (χ2v) is 3.14. The van der Waals surface area contributed by atoms with Crippen molar-refractivity contribution in [2.24, 2.45) is 0 Å². The lowest BCUT2D eigenvalue weighted by atomic mass is 10.0. The quantitative estimate of drug-likeness (QED) is 0.503. The molecule has 1 amide bonds. The molecule has 0 aromatic carbocycles. The van der Waals surface area contributed by atoms with E-state index in [2.05, 4.69) is 16.0 Å². The van der Waals surface area contributed by atoms with Gasteiger partial charge < -0.3 is 16.0 Å². The number of rotatable bonds is 2. The number of carbonyl (C=O) groups is 1. The van der Waals surface area contributed by atoms with E-state index in [0.29, 0.717) is 6.04 Å². The Morgan fingerprint density at radius 3 is 2.58 bits per heavy atom. The molecule has 2 atom stereocenters. The van der Waals surface area contributed by atoms with Crippen LogP contribution in [0.4, 0.5) is 0 Å². The molecule has 70 valence electrons. The van der Waals surface area contributed by atoms with Crippen LogP contribution in [0.5, 0.6) is 0 Å². The van der Waals surface area contributed by atoms with Crippen LogP contribution >= 0.6 is 0 Å². The fraction of sp³-hybridized carbons (Fsp3) is 0.875. The molecule has 0 saturated carbocycles. The van der Waals surface area contributed by atoms with Gasteiger partial charge in [-0.05, 0) is 19.9 Å². The molecular weight excluding hydrogens is 154 g/mol. The number of hydrogen-bond donors (Lipinski definition) is 3. The van der Waals surface area contributed by atoms with Crippen molar-refractivity contribution in [1.82, 2.24) is 16.0 Å². The van der Waals surface area contributed by atoms with Gasteiger partial charge in [-0.1, -0.05) is 0 Å². The third kappa shape index (κ3) is 2.19. The molecule has 4 heteroatoms. The highest BCUT2D eigenvalue weighted by molar-refractivity contribution is 5.81. The van der Waals surface area contributed by atoms with Gasteiger partial charge in [-0.25, -0.2) is 0 Å². The molecule has 0 radical (unpaired) electrons. The second-order valence-electron chi connectivity index (χ2n) is 3.14. The molecule has 0 spiro atoms. The van der Waals surface area contributed by atoms with E-state index in [1.54, 1.807) is 7.05 Å². The number of piperidine rings is 1. The van der Waals surface area contributed by atoms with Gasteiger partial charge >= 0.3 is 0 Å². The summed E-state index contributed by atoms with van der Waals surface area (Å²) in [4.78, 5) is 11.2. The summed E-state index contributed by atoms with van der Waals surface area (Å²) < 4.78 is 0. The normalized spacial score (nSPS) is 29.8. The summed E-state index contributed by atoms with van der Waals surface area (Å²) in [6.07, 6.45) is 1.99. The van der Waals surface area contributed by atoms with Gasteiger partial charge in [0.15, 0.2) is 0 Å². The van der Waals surface area contributed by atoms with Crippen molar-refractivity contribution < 1.29 is 4.79 Å². The fourth-order valence-electron chi connectivity index (χ4n) is 1.50. The first-order valence-electron chi connectivity index (χ1n) is 4.40. The number of likely N-dealkylation sites (N-methyl/N-ethyl adjacent to an activating group) is 2. The Morgan fingerprint density at radius 2 is 2.17 bits per heavy atom. The van der Waals surface area contributed by atoms with E-state index in [9.17, 15) is 4.79 Å². The number of carbonyl (C=O) groups excluding carboxylic acids is 1. The summed E-state index contributed by atoms with van der Waals surface area (Å²) in [7, 11) is 3.63. The molecule has 1 aliphatic heterocycles. The molecule has 1 heterocycles. The maximum Gasteiger partial charge on any atom is 0.236 e. The van der Waals surface area contributed by atoms with Crippen molar-refractivity contribution in [2.75, 3.05) is 20.6 Å². The Morgan fingerprint density at radius 1 is 1.42 bits per heavy atom. The molecule has 4 nitrogen and oxygen atoms in total. The Labute approximate surface area is 73.1 Å². The van der Waals surface area contributed by atoms with Gasteiger partial charge in [0, 0.05) is 19.6 Å². The first-order chi connectivity index (χ1) is 5.77. The predicted octanol–water partition coefficient (Wildman–Crippen LogP) is -0.928. The minimum atomic E-state index is 0.0135. The zero-order chi connectivity index (χ0) is 8.97. The predicted molar refractivity (Wildman–Crippen MR) is 47.9 cm³/mol. The summed E-state index contributed by atoms with van der Waals surface area (Å²) in [6.45, 7) is 0.884. The van der Waals surface area contributed by atoms with Crippen LogP contribution in [0.1, 0.15) is 12.8 Å². The van der Waals surface area contributed by atoms with Crippen molar-refractivity contribution in [2.45, 2.75) is 24.9 Å². The van der Waals surface area contributed by atoms with Crippen LogP contribution in [0, 0.1) is 0 Å². The maximum absolute atomic E-state index is 11.2. The van der Waals surface area contributed by atoms with Gasteiger partial charge in [-0.2, -0.15) is 0 Å². The zero-order valence-electron chi connectivity index (χ0n) is 7.68. The Hall–Kier alpha value is -0.610. The van der Waals surface area contributed by atoms with Gasteiger partial charge in [-0.15, -0.1) is 0 Å². The van der Waals surface area contributed by atoms with Gasteiger partial charge in [0.2, 0.25) is 5.91 Å². The monoisotopic (exact) mass is 171 g/mol. The Bertz CT molecular complexity index is 152. The number of hydrogen-bond acceptors (Lipinski definition) is 3. The molecule has 2 unspecified atom stereocenters. The highest BCUT2D eigenvalue weighted by Gasteiger charge is 2.23. The van der Waals surface area contributed by atoms with E-state index in [1.165, 1.54) is 0 Å². The van der Waals surface area contributed by atoms with E-state index >= 15 is 0 Å². The van der Waals surface area contributed by atoms with Gasteiger partial charge in [0.1, 0.15) is 0 Å². The second kappa shape index (κ2) is 4.42. The number of amides is 1. The minimum absolute atomic E-state index is 0.0135. The lowest BCUT2D eigenvalue weighted by molar-refractivity contribution is -0.123. The first-order valence-corrected chi connectivity index (χ1v) is 4.40. The van der Waals surface area contributed by atoms with Crippen molar-refractivity contribution in [1.29, 1.82) is 0 Å². The highest BCUT2D eigenvalue weighted by Crippen LogP contribution is 2.07. The summed E-state index contributed by atoms with van der Waals surface area (Å²) in [5.41, 5.74) is 0. The van der Waals surface area contributed by atoms with E-state index in [1.807, 2.05) is 7.05 Å². The average Bonchev–Trinajstić information content (AvgIpc) is 2.17. The lowest BCUT2D eigenvalue weighted by Crippen LogP contribution is -2.52. The van der Waals surface area contributed by atoms with Crippen molar-refractivity contribution in [3.63, 3.8) is 0 Å². The van der Waals surface area contributed by atoms with Crippen LogP contribution in [0.2, 0.25) is 0 Å². The zero-order valence-corrected chi connectivity index (χ0v) is 7.68. The average molecular weight is 171 g/mol. The van der Waals surface area contributed by atoms with E-state index in [0.717, 1.165) is 19.4 Å². The first kappa shape index (κ1) is 9.48. The molecule has 0 aliphatic carbocycles. The fourth-order valence-corrected chi connectivity index (χ4v) is 1.50. The van der Waals surface area contributed by atoms with E-state index in [4.69, 9.17) is 0 Å². The molecule has 3 N–H and O–H groups in total. The Balaban J connectivity index is 2.30. The summed E-state index contributed by atoms with van der Waals surface area (Å²) in [6, 6.07) is 0.533. The van der Waals surface area contributed by atoms with Gasteiger partial charge in [-0.3, -0.25) is 4.79 Å². The molecule has 1 saturated heterocycles. The molecule has 0 aromatic heterocycles. The van der Waals surface area contributed by atoms with E-state index < -0.39 is 0 Å². The molecular formula is C8H17N3O. The molecule has 1 aliphatic rings. The third-order valence-corrected chi connectivity index (χ3v) is 2.39. The summed E-state index contributed by atoms with van der Waals surface area (Å²) in [5.74, 6) is 0.101. The van der Waals surface area contributed by atoms with E-state index in [-0.39, 0.29) is 11.9 Å². The largest absolute Gasteiger partial charge is 0.358 e.